The van der Waals surface area contributed by atoms with Crippen molar-refractivity contribution in [2.24, 2.45) is 7.05 Å². The van der Waals surface area contributed by atoms with Crippen LogP contribution in [0.25, 0.3) is 0 Å². The van der Waals surface area contributed by atoms with E-state index in [1.807, 2.05) is 48.5 Å². The zero-order valence-electron chi connectivity index (χ0n) is 19.4. The van der Waals surface area contributed by atoms with Crippen LogP contribution >= 0.6 is 11.8 Å². The lowest BCUT2D eigenvalue weighted by atomic mass is 10.0. The molecule has 34 heavy (non-hydrogen) atoms. The van der Waals surface area contributed by atoms with Gasteiger partial charge in [-0.05, 0) is 30.2 Å². The van der Waals surface area contributed by atoms with Crippen LogP contribution in [0.2, 0.25) is 0 Å². The Hall–Kier alpha value is -3.30. The van der Waals surface area contributed by atoms with E-state index in [2.05, 4.69) is 10.3 Å². The largest absolute Gasteiger partial charge is 0.454 e. The molecule has 1 aromatic heterocycles. The van der Waals surface area contributed by atoms with Crippen molar-refractivity contribution < 1.29 is 19.0 Å². The molecule has 1 atom stereocenters. The van der Waals surface area contributed by atoms with Crippen molar-refractivity contribution in [2.45, 2.75) is 36.9 Å². The number of aromatic nitrogens is 2. The molecular formula is C25H27N3O5S. The second-order valence-electron chi connectivity index (χ2n) is 7.94. The molecule has 1 aliphatic heterocycles. The van der Waals surface area contributed by atoms with Crippen LogP contribution < -0.4 is 20.3 Å². The number of hydrogen-bond acceptors (Lipinski definition) is 7. The SMILES string of the molecule is COCc1nc(SC(C)C(=O)NCc2ccc3c(c2)OCO3)n(C)c(=O)c1Cc1ccccc1. The molecule has 1 amide bonds. The molecule has 9 heteroatoms. The Labute approximate surface area is 202 Å². The van der Waals surface area contributed by atoms with E-state index in [-0.39, 0.29) is 24.9 Å². The minimum absolute atomic E-state index is 0.138. The van der Waals surface area contributed by atoms with Gasteiger partial charge in [0.1, 0.15) is 0 Å². The molecule has 0 bridgehead atoms. The zero-order chi connectivity index (χ0) is 24.1. The van der Waals surface area contributed by atoms with Crippen molar-refractivity contribution in [3.63, 3.8) is 0 Å². The number of hydrogen-bond donors (Lipinski definition) is 1. The Kier molecular flexibility index (Phi) is 7.54. The highest BCUT2D eigenvalue weighted by molar-refractivity contribution is 8.00. The predicted octanol–water partition coefficient (Wildman–Crippen LogP) is 3.04. The molecule has 0 spiro atoms. The van der Waals surface area contributed by atoms with Gasteiger partial charge in [-0.1, -0.05) is 48.2 Å². The Morgan fingerprint density at radius 1 is 1.18 bits per heavy atom. The van der Waals surface area contributed by atoms with Gasteiger partial charge >= 0.3 is 0 Å². The van der Waals surface area contributed by atoms with Gasteiger partial charge < -0.3 is 19.5 Å². The van der Waals surface area contributed by atoms with Crippen LogP contribution in [0.1, 0.15) is 29.3 Å². The number of amides is 1. The fourth-order valence-electron chi connectivity index (χ4n) is 3.61. The second-order valence-corrected chi connectivity index (χ2v) is 9.25. The number of methoxy groups -OCH3 is 1. The number of ether oxygens (including phenoxy) is 3. The third kappa shape index (κ3) is 5.43. The Bertz CT molecular complexity index is 1230. The second kappa shape index (κ2) is 10.8. The van der Waals surface area contributed by atoms with E-state index in [1.54, 1.807) is 21.1 Å². The first kappa shape index (κ1) is 23.8. The van der Waals surface area contributed by atoms with Crippen LogP contribution in [0.5, 0.6) is 11.5 Å². The van der Waals surface area contributed by atoms with Crippen molar-refractivity contribution in [2.75, 3.05) is 13.9 Å². The molecule has 1 unspecified atom stereocenters. The molecule has 3 aromatic rings. The maximum absolute atomic E-state index is 13.2. The summed E-state index contributed by atoms with van der Waals surface area (Å²) in [5.74, 6) is 1.22. The first-order valence-electron chi connectivity index (χ1n) is 10.9. The Balaban J connectivity index is 1.46. The van der Waals surface area contributed by atoms with Crippen LogP contribution in [-0.2, 0) is 36.2 Å². The van der Waals surface area contributed by atoms with Crippen molar-refractivity contribution in [1.29, 1.82) is 0 Å². The summed E-state index contributed by atoms with van der Waals surface area (Å²) in [6.07, 6.45) is 0.468. The standard InChI is InChI=1S/C25H27N3O5S/c1-16(23(29)26-13-18-9-10-21-22(12-18)33-15-32-21)34-25-27-20(14-31-3)19(24(30)28(25)2)11-17-7-5-4-6-8-17/h4-10,12,16H,11,13-15H2,1-3H3,(H,26,29). The van der Waals surface area contributed by atoms with Crippen LogP contribution in [0.15, 0.2) is 58.5 Å². The van der Waals surface area contributed by atoms with Gasteiger partial charge in [0.2, 0.25) is 12.7 Å². The molecule has 1 aliphatic rings. The highest BCUT2D eigenvalue weighted by Crippen LogP contribution is 2.32. The molecule has 2 aromatic carbocycles. The number of thioether (sulfide) groups is 1. The third-order valence-electron chi connectivity index (χ3n) is 5.49. The zero-order valence-corrected chi connectivity index (χ0v) is 20.2. The molecule has 4 rings (SSSR count). The predicted molar refractivity (Wildman–Crippen MR) is 129 cm³/mol. The number of rotatable bonds is 9. The summed E-state index contributed by atoms with van der Waals surface area (Å²) >= 11 is 1.24. The summed E-state index contributed by atoms with van der Waals surface area (Å²) in [7, 11) is 3.25. The highest BCUT2D eigenvalue weighted by Gasteiger charge is 2.21. The number of fused-ring (bicyclic) bond motifs is 1. The molecule has 2 heterocycles. The summed E-state index contributed by atoms with van der Waals surface area (Å²) < 4.78 is 17.5. The molecule has 8 nitrogen and oxygen atoms in total. The number of carbonyl (C=O) groups is 1. The fourth-order valence-corrected chi connectivity index (χ4v) is 4.52. The smallest absolute Gasteiger partial charge is 0.257 e. The lowest BCUT2D eigenvalue weighted by Gasteiger charge is -2.17. The average molecular weight is 482 g/mol. The highest BCUT2D eigenvalue weighted by atomic mass is 32.2. The van der Waals surface area contributed by atoms with Crippen LogP contribution in [0.4, 0.5) is 0 Å². The van der Waals surface area contributed by atoms with Crippen LogP contribution in [0.3, 0.4) is 0 Å². The minimum Gasteiger partial charge on any atom is -0.454 e. The van der Waals surface area contributed by atoms with Gasteiger partial charge in [-0.15, -0.1) is 0 Å². The average Bonchev–Trinajstić information content (AvgIpc) is 3.32. The van der Waals surface area contributed by atoms with Gasteiger partial charge in [0.15, 0.2) is 16.7 Å². The van der Waals surface area contributed by atoms with Crippen molar-refractivity contribution in [3.8, 4) is 11.5 Å². The van der Waals surface area contributed by atoms with E-state index in [0.29, 0.717) is 40.9 Å². The first-order chi connectivity index (χ1) is 16.5. The van der Waals surface area contributed by atoms with Gasteiger partial charge in [-0.3, -0.25) is 14.2 Å². The van der Waals surface area contributed by atoms with Crippen molar-refractivity contribution >= 4 is 17.7 Å². The summed E-state index contributed by atoms with van der Waals surface area (Å²) in [5, 5.41) is 2.95. The quantitative estimate of drug-likeness (QED) is 0.371. The van der Waals surface area contributed by atoms with Crippen LogP contribution in [0, 0.1) is 0 Å². The fraction of sp³-hybridized carbons (Fsp3) is 0.320. The van der Waals surface area contributed by atoms with E-state index >= 15 is 0 Å². The normalized spacial score (nSPS) is 13.0. The Morgan fingerprint density at radius 3 is 2.71 bits per heavy atom. The monoisotopic (exact) mass is 481 g/mol. The molecule has 0 saturated carbocycles. The summed E-state index contributed by atoms with van der Waals surface area (Å²) in [4.78, 5) is 30.6. The van der Waals surface area contributed by atoms with Crippen molar-refractivity contribution in [1.82, 2.24) is 14.9 Å². The van der Waals surface area contributed by atoms with Gasteiger partial charge in [-0.2, -0.15) is 0 Å². The maximum Gasteiger partial charge on any atom is 0.257 e. The van der Waals surface area contributed by atoms with Gasteiger partial charge in [0, 0.05) is 32.7 Å². The minimum atomic E-state index is -0.456. The van der Waals surface area contributed by atoms with Crippen LogP contribution in [-0.4, -0.2) is 34.6 Å². The van der Waals surface area contributed by atoms with E-state index in [4.69, 9.17) is 14.2 Å². The first-order valence-corrected chi connectivity index (χ1v) is 11.8. The topological polar surface area (TPSA) is 91.7 Å². The van der Waals surface area contributed by atoms with E-state index < -0.39 is 5.25 Å². The molecular weight excluding hydrogens is 454 g/mol. The van der Waals surface area contributed by atoms with E-state index in [0.717, 1.165) is 11.1 Å². The molecule has 0 fully saturated rings. The van der Waals surface area contributed by atoms with E-state index in [9.17, 15) is 9.59 Å². The molecule has 0 saturated heterocycles. The number of benzene rings is 2. The van der Waals surface area contributed by atoms with E-state index in [1.165, 1.54) is 16.3 Å². The summed E-state index contributed by atoms with van der Waals surface area (Å²) in [6, 6.07) is 15.4. The lowest BCUT2D eigenvalue weighted by Crippen LogP contribution is -2.32. The Morgan fingerprint density at radius 2 is 1.94 bits per heavy atom. The summed E-state index contributed by atoms with van der Waals surface area (Å²) in [5.41, 5.74) is 2.98. The van der Waals surface area contributed by atoms with Crippen molar-refractivity contribution in [3.05, 3.63) is 81.3 Å². The number of nitrogens with one attached hydrogen (secondary N) is 1. The molecule has 178 valence electrons. The lowest BCUT2D eigenvalue weighted by molar-refractivity contribution is -0.120. The number of nitrogens with zero attached hydrogens (tertiary/aromatic N) is 2. The van der Waals surface area contributed by atoms with Gasteiger partial charge in [0.05, 0.1) is 17.6 Å². The maximum atomic E-state index is 13.2. The molecule has 0 aliphatic carbocycles. The molecule has 0 radical (unpaired) electrons. The van der Waals surface area contributed by atoms with Gasteiger partial charge in [-0.25, -0.2) is 4.98 Å². The summed E-state index contributed by atoms with van der Waals surface area (Å²) in [6.45, 7) is 2.58. The van der Waals surface area contributed by atoms with Gasteiger partial charge in [0.25, 0.3) is 5.56 Å². The molecule has 1 N–H and O–H groups in total. The third-order valence-corrected chi connectivity index (χ3v) is 6.63. The number of carbonyl (C=O) groups excluding carboxylic acids is 1.